The predicted octanol–water partition coefficient (Wildman–Crippen LogP) is 7.05. The van der Waals surface area contributed by atoms with Crippen molar-refractivity contribution in [3.8, 4) is 5.69 Å². The fraction of sp³-hybridized carbons (Fsp3) is 0.531. The van der Waals surface area contributed by atoms with Crippen molar-refractivity contribution in [3.05, 3.63) is 74.6 Å². The highest BCUT2D eigenvalue weighted by atomic mass is 19.1. The molecule has 0 aliphatic rings. The van der Waals surface area contributed by atoms with Gasteiger partial charge in [0.25, 0.3) is 11.2 Å². The van der Waals surface area contributed by atoms with Crippen LogP contribution in [0.2, 0.25) is 0 Å². The number of hydrogen-bond donors (Lipinski definition) is 0. The van der Waals surface area contributed by atoms with Crippen LogP contribution in [-0.4, -0.2) is 57.4 Å². The van der Waals surface area contributed by atoms with Gasteiger partial charge in [-0.15, -0.1) is 0 Å². The number of unbranched alkanes of at least 4 members (excludes halogenated alkanes) is 6. The van der Waals surface area contributed by atoms with Crippen molar-refractivity contribution in [3.63, 3.8) is 0 Å². The molecule has 10 heteroatoms. The first-order valence-corrected chi connectivity index (χ1v) is 15.0. The largest absolute Gasteiger partial charge is 0.331 e. The summed E-state index contributed by atoms with van der Waals surface area (Å²) in [5.74, 6) is -0.176. The quantitative estimate of drug-likeness (QED) is 0.108. The maximum Gasteiger partial charge on any atom is 0.270 e. The molecular weight excluding hydrogens is 537 g/mol. The molecule has 0 bridgehead atoms. The Bertz CT molecular complexity index is 1360. The lowest BCUT2D eigenvalue weighted by molar-refractivity contribution is -0.384. The first-order chi connectivity index (χ1) is 20.1. The number of hydrogen-bond acceptors (Lipinski definition) is 6. The predicted molar refractivity (Wildman–Crippen MR) is 167 cm³/mol. The van der Waals surface area contributed by atoms with E-state index < -0.39 is 22.3 Å². The lowest BCUT2D eigenvalue weighted by Crippen LogP contribution is -2.40. The minimum Gasteiger partial charge on any atom is -0.331 e. The van der Waals surface area contributed by atoms with E-state index >= 15 is 0 Å². The van der Waals surface area contributed by atoms with E-state index in [0.29, 0.717) is 36.5 Å². The molecule has 3 aromatic rings. The van der Waals surface area contributed by atoms with E-state index in [1.165, 1.54) is 72.7 Å². The third-order valence-electron chi connectivity index (χ3n) is 7.12. The SMILES string of the molecule is CC.CCCCCCCCCC(=O)N(CCN(C)C)C(C)c1nc2ccc([N+](=O)[O-])cc2c(=O)n1-c1ccc(F)cc1. The van der Waals surface area contributed by atoms with Crippen molar-refractivity contribution in [2.75, 3.05) is 27.2 Å². The summed E-state index contributed by atoms with van der Waals surface area (Å²) in [6, 6.07) is 8.77. The van der Waals surface area contributed by atoms with Crippen LogP contribution >= 0.6 is 0 Å². The third kappa shape index (κ3) is 9.44. The Labute approximate surface area is 248 Å². The van der Waals surface area contributed by atoms with Crippen molar-refractivity contribution in [2.45, 2.75) is 85.1 Å². The highest BCUT2D eigenvalue weighted by Gasteiger charge is 2.27. The normalized spacial score (nSPS) is 11.7. The topological polar surface area (TPSA) is 102 Å². The van der Waals surface area contributed by atoms with Gasteiger partial charge in [-0.05, 0) is 57.8 Å². The summed E-state index contributed by atoms with van der Waals surface area (Å²) >= 11 is 0. The van der Waals surface area contributed by atoms with Crippen LogP contribution < -0.4 is 5.56 Å². The first-order valence-electron chi connectivity index (χ1n) is 15.0. The van der Waals surface area contributed by atoms with Crippen molar-refractivity contribution in [2.24, 2.45) is 0 Å². The summed E-state index contributed by atoms with van der Waals surface area (Å²) in [4.78, 5) is 46.6. The van der Waals surface area contributed by atoms with Gasteiger partial charge in [0.15, 0.2) is 0 Å². The molecule has 1 unspecified atom stereocenters. The van der Waals surface area contributed by atoms with Crippen LogP contribution in [0.3, 0.4) is 0 Å². The van der Waals surface area contributed by atoms with E-state index in [9.17, 15) is 24.1 Å². The Hall–Kier alpha value is -3.66. The third-order valence-corrected chi connectivity index (χ3v) is 7.12. The number of aromatic nitrogens is 2. The van der Waals surface area contributed by atoms with E-state index in [1.807, 2.05) is 39.8 Å². The van der Waals surface area contributed by atoms with Gasteiger partial charge in [0.2, 0.25) is 5.91 Å². The van der Waals surface area contributed by atoms with Gasteiger partial charge in [-0.2, -0.15) is 0 Å². The molecule has 0 saturated carbocycles. The van der Waals surface area contributed by atoms with E-state index in [4.69, 9.17) is 4.98 Å². The lowest BCUT2D eigenvalue weighted by Gasteiger charge is -2.31. The van der Waals surface area contributed by atoms with Gasteiger partial charge in [0.1, 0.15) is 11.6 Å². The zero-order valence-corrected chi connectivity index (χ0v) is 25.9. The Kier molecular flexibility index (Phi) is 14.3. The molecule has 1 atom stereocenters. The van der Waals surface area contributed by atoms with Crippen LogP contribution in [-0.2, 0) is 4.79 Å². The van der Waals surface area contributed by atoms with Gasteiger partial charge in [0, 0.05) is 31.6 Å². The van der Waals surface area contributed by atoms with E-state index in [0.717, 1.165) is 19.3 Å². The van der Waals surface area contributed by atoms with Crippen LogP contribution in [0.15, 0.2) is 47.3 Å². The minimum atomic E-state index is -0.589. The summed E-state index contributed by atoms with van der Waals surface area (Å²) in [5.41, 5.74) is -0.0891. The number of benzene rings is 2. The van der Waals surface area contributed by atoms with E-state index in [-0.39, 0.29) is 17.0 Å². The number of halogens is 1. The molecule has 3 rings (SSSR count). The number of nitrogens with zero attached hydrogens (tertiary/aromatic N) is 5. The maximum atomic E-state index is 13.8. The van der Waals surface area contributed by atoms with Crippen molar-refractivity contribution >= 4 is 22.5 Å². The zero-order chi connectivity index (χ0) is 31.2. The number of nitro groups is 1. The second-order valence-electron chi connectivity index (χ2n) is 10.5. The second kappa shape index (κ2) is 17.3. The fourth-order valence-corrected chi connectivity index (χ4v) is 4.78. The monoisotopic (exact) mass is 583 g/mol. The van der Waals surface area contributed by atoms with Crippen LogP contribution in [0.1, 0.15) is 90.9 Å². The summed E-state index contributed by atoms with van der Waals surface area (Å²) in [6.07, 6.45) is 8.08. The maximum absolute atomic E-state index is 13.8. The molecule has 0 aliphatic carbocycles. The summed E-state index contributed by atoms with van der Waals surface area (Å²) < 4.78 is 15.1. The second-order valence-corrected chi connectivity index (χ2v) is 10.5. The van der Waals surface area contributed by atoms with Crippen LogP contribution in [0.5, 0.6) is 0 Å². The Morgan fingerprint density at radius 3 is 2.21 bits per heavy atom. The highest BCUT2D eigenvalue weighted by molar-refractivity contribution is 5.81. The number of carbonyl (C=O) groups is 1. The molecule has 0 fully saturated rings. The minimum absolute atomic E-state index is 0.0217. The van der Waals surface area contributed by atoms with E-state index in [1.54, 1.807) is 4.90 Å². The molecule has 1 amide bonds. The molecule has 230 valence electrons. The van der Waals surface area contributed by atoms with Gasteiger partial charge in [-0.25, -0.2) is 9.37 Å². The fourth-order valence-electron chi connectivity index (χ4n) is 4.78. The van der Waals surface area contributed by atoms with Crippen LogP contribution in [0.25, 0.3) is 16.6 Å². The summed E-state index contributed by atoms with van der Waals surface area (Å²) in [5, 5.41) is 11.4. The molecule has 1 aromatic heterocycles. The molecule has 0 saturated heterocycles. The van der Waals surface area contributed by atoms with Gasteiger partial charge in [0.05, 0.1) is 27.6 Å². The molecule has 9 nitrogen and oxygen atoms in total. The van der Waals surface area contributed by atoms with Crippen LogP contribution in [0, 0.1) is 15.9 Å². The first kappa shape index (κ1) is 34.5. The molecule has 0 aliphatic heterocycles. The van der Waals surface area contributed by atoms with Gasteiger partial charge in [-0.3, -0.25) is 24.3 Å². The number of nitro benzene ring substituents is 1. The van der Waals surface area contributed by atoms with Crippen molar-refractivity contribution in [1.82, 2.24) is 19.4 Å². The molecule has 1 heterocycles. The number of non-ortho nitro benzene ring substituents is 1. The number of likely N-dealkylation sites (N-methyl/N-ethyl adjacent to an activating group) is 1. The Morgan fingerprint density at radius 2 is 1.62 bits per heavy atom. The summed E-state index contributed by atoms with van der Waals surface area (Å²) in [6.45, 7) is 9.07. The van der Waals surface area contributed by atoms with Crippen LogP contribution in [0.4, 0.5) is 10.1 Å². The molecule has 42 heavy (non-hydrogen) atoms. The number of fused-ring (bicyclic) bond motifs is 1. The van der Waals surface area contributed by atoms with Gasteiger partial charge < -0.3 is 9.80 Å². The van der Waals surface area contributed by atoms with Crippen molar-refractivity contribution in [1.29, 1.82) is 0 Å². The summed E-state index contributed by atoms with van der Waals surface area (Å²) in [7, 11) is 3.86. The Balaban J connectivity index is 0.00000301. The standard InChI is InChI=1S/C30H40FN5O4.C2H6/c1-5-6-7-8-9-10-11-12-28(37)34(20-19-33(3)4)22(2)29-32-27-18-17-25(36(39)40)21-26(27)30(38)35(29)24-15-13-23(31)14-16-24;1-2/h13-18,21-22H,5-12,19-20H2,1-4H3;1-2H3. The van der Waals surface area contributed by atoms with E-state index in [2.05, 4.69) is 6.92 Å². The smallest absolute Gasteiger partial charge is 0.270 e. The molecular formula is C32H46FN5O4. The van der Waals surface area contributed by atoms with Gasteiger partial charge in [-0.1, -0.05) is 59.3 Å². The Morgan fingerprint density at radius 1 is 1.00 bits per heavy atom. The highest BCUT2D eigenvalue weighted by Crippen LogP contribution is 2.26. The molecule has 0 spiro atoms. The zero-order valence-electron chi connectivity index (χ0n) is 25.9. The lowest BCUT2D eigenvalue weighted by atomic mass is 10.1. The molecule has 0 radical (unpaired) electrons. The number of amides is 1. The average Bonchev–Trinajstić information content (AvgIpc) is 2.98. The molecule has 2 aromatic carbocycles. The van der Waals surface area contributed by atoms with Gasteiger partial charge >= 0.3 is 0 Å². The number of carbonyl (C=O) groups excluding carboxylic acids is 1. The average molecular weight is 584 g/mol. The molecule has 0 N–H and O–H groups in total. The number of rotatable bonds is 15. The van der Waals surface area contributed by atoms with Crippen molar-refractivity contribution < 1.29 is 14.1 Å².